The number of nitrogens with one attached hydrogen (secondary N) is 1. The van der Waals surface area contributed by atoms with Crippen LogP contribution >= 0.6 is 0 Å². The van der Waals surface area contributed by atoms with Gasteiger partial charge >= 0.3 is 0 Å². The summed E-state index contributed by atoms with van der Waals surface area (Å²) in [4.78, 5) is 3.97. The topological polar surface area (TPSA) is 45.1 Å². The first-order valence-corrected chi connectivity index (χ1v) is 4.73. The highest BCUT2D eigenvalue weighted by molar-refractivity contribution is 5.09. The molecule has 1 aromatic heterocycles. The Morgan fingerprint density at radius 2 is 2.36 bits per heavy atom. The van der Waals surface area contributed by atoms with Gasteiger partial charge in [0.1, 0.15) is 5.82 Å². The first-order valence-electron chi connectivity index (χ1n) is 4.73. The lowest BCUT2D eigenvalue weighted by Crippen LogP contribution is -2.22. The fourth-order valence-electron chi connectivity index (χ4n) is 1.32. The molecule has 4 heteroatoms. The van der Waals surface area contributed by atoms with Gasteiger partial charge in [-0.15, -0.1) is 0 Å². The van der Waals surface area contributed by atoms with E-state index in [9.17, 15) is 4.39 Å². The van der Waals surface area contributed by atoms with Crippen molar-refractivity contribution in [3.8, 4) is 0 Å². The maximum Gasteiger partial charge on any atom is 0.141 e. The molecule has 0 aliphatic rings. The average molecular weight is 198 g/mol. The van der Waals surface area contributed by atoms with E-state index < -0.39 is 0 Å². The van der Waals surface area contributed by atoms with E-state index >= 15 is 0 Å². The van der Waals surface area contributed by atoms with Gasteiger partial charge in [0, 0.05) is 6.61 Å². The Balaban J connectivity index is 2.71. The van der Waals surface area contributed by atoms with Crippen LogP contribution in [0.4, 0.5) is 4.39 Å². The van der Waals surface area contributed by atoms with Gasteiger partial charge in [-0.2, -0.15) is 0 Å². The zero-order valence-electron chi connectivity index (χ0n) is 8.20. The monoisotopic (exact) mass is 198 g/mol. The number of hydrogen-bond acceptors (Lipinski definition) is 3. The molecular formula is C10H15FN2O. The molecule has 0 aliphatic carbocycles. The molecule has 1 aromatic rings. The smallest absolute Gasteiger partial charge is 0.141 e. The van der Waals surface area contributed by atoms with Crippen molar-refractivity contribution in [3.05, 3.63) is 29.8 Å². The molecule has 0 radical (unpaired) electrons. The molecule has 1 rings (SSSR count). The van der Waals surface area contributed by atoms with Crippen LogP contribution in [0.5, 0.6) is 0 Å². The summed E-state index contributed by atoms with van der Waals surface area (Å²) < 4.78 is 12.6. The lowest BCUT2D eigenvalue weighted by atomic mass is 10.1. The highest BCUT2D eigenvalue weighted by Crippen LogP contribution is 2.13. The second-order valence-corrected chi connectivity index (χ2v) is 3.02. The Morgan fingerprint density at radius 3 is 2.86 bits per heavy atom. The van der Waals surface area contributed by atoms with Crippen LogP contribution in [0.1, 0.15) is 25.1 Å². The molecule has 0 saturated carbocycles. The predicted molar refractivity (Wildman–Crippen MR) is 52.3 cm³/mol. The molecule has 0 spiro atoms. The fourth-order valence-corrected chi connectivity index (χ4v) is 1.32. The summed E-state index contributed by atoms with van der Waals surface area (Å²) in [5.41, 5.74) is 0.766. The lowest BCUT2D eigenvalue weighted by molar-refractivity contribution is 0.265. The molecule has 14 heavy (non-hydrogen) atoms. The van der Waals surface area contributed by atoms with Crippen LogP contribution in [0.2, 0.25) is 0 Å². The van der Waals surface area contributed by atoms with Crippen molar-refractivity contribution in [1.82, 2.24) is 10.3 Å². The minimum Gasteiger partial charge on any atom is -0.396 e. The summed E-state index contributed by atoms with van der Waals surface area (Å²) in [5.74, 6) is -0.340. The highest BCUT2D eigenvalue weighted by atomic mass is 19.1. The standard InChI is InChI=1S/C10H15FN2O/c1-2-12-10(5-6-14)9-4-3-8(11)7-13-9/h3-4,7,10,12,14H,2,5-6H2,1H3. The Bertz CT molecular complexity index is 257. The minimum absolute atomic E-state index is 0.00519. The SMILES string of the molecule is CCNC(CCO)c1ccc(F)cn1. The first-order chi connectivity index (χ1) is 6.77. The van der Waals surface area contributed by atoms with Crippen molar-refractivity contribution in [2.75, 3.05) is 13.2 Å². The Morgan fingerprint density at radius 1 is 1.57 bits per heavy atom. The molecule has 0 fully saturated rings. The Kier molecular flexibility index (Phi) is 4.49. The molecule has 0 amide bonds. The Labute approximate surface area is 83.0 Å². The maximum atomic E-state index is 12.6. The number of aliphatic hydroxyl groups excluding tert-OH is 1. The molecule has 3 nitrogen and oxygen atoms in total. The number of aromatic nitrogens is 1. The second kappa shape index (κ2) is 5.67. The van der Waals surface area contributed by atoms with E-state index in [2.05, 4.69) is 10.3 Å². The van der Waals surface area contributed by atoms with Crippen molar-refractivity contribution >= 4 is 0 Å². The highest BCUT2D eigenvalue weighted by Gasteiger charge is 2.10. The number of hydrogen-bond donors (Lipinski definition) is 2. The van der Waals surface area contributed by atoms with E-state index in [1.54, 1.807) is 6.07 Å². The van der Waals surface area contributed by atoms with Crippen LogP contribution in [-0.2, 0) is 0 Å². The summed E-state index contributed by atoms with van der Waals surface area (Å²) in [6.07, 6.45) is 1.78. The second-order valence-electron chi connectivity index (χ2n) is 3.02. The molecular weight excluding hydrogens is 183 g/mol. The van der Waals surface area contributed by atoms with Crippen LogP contribution in [0.15, 0.2) is 18.3 Å². The summed E-state index contributed by atoms with van der Waals surface area (Å²) in [6, 6.07) is 3.02. The van der Waals surface area contributed by atoms with Gasteiger partial charge in [0.15, 0.2) is 0 Å². The molecule has 1 unspecified atom stereocenters. The first kappa shape index (κ1) is 11.1. The van der Waals surface area contributed by atoms with E-state index in [4.69, 9.17) is 5.11 Å². The van der Waals surface area contributed by atoms with Gasteiger partial charge in [0.05, 0.1) is 17.9 Å². The van der Waals surface area contributed by atoms with E-state index in [0.29, 0.717) is 6.42 Å². The van der Waals surface area contributed by atoms with Crippen molar-refractivity contribution in [1.29, 1.82) is 0 Å². The van der Waals surface area contributed by atoms with Gasteiger partial charge in [0.25, 0.3) is 0 Å². The molecule has 78 valence electrons. The summed E-state index contributed by atoms with van der Waals surface area (Å²) in [7, 11) is 0. The molecule has 0 saturated heterocycles. The van der Waals surface area contributed by atoms with Crippen LogP contribution in [0.25, 0.3) is 0 Å². The molecule has 0 aliphatic heterocycles. The predicted octanol–water partition coefficient (Wildman–Crippen LogP) is 1.25. The maximum absolute atomic E-state index is 12.6. The number of halogens is 1. The third-order valence-corrected chi connectivity index (χ3v) is 1.98. The summed E-state index contributed by atoms with van der Waals surface area (Å²) in [6.45, 7) is 2.87. The number of aliphatic hydroxyl groups is 1. The van der Waals surface area contributed by atoms with Gasteiger partial charge in [-0.05, 0) is 25.1 Å². The van der Waals surface area contributed by atoms with Crippen LogP contribution in [0, 0.1) is 5.82 Å². The van der Waals surface area contributed by atoms with Crippen molar-refractivity contribution < 1.29 is 9.50 Å². The minimum atomic E-state index is -0.340. The molecule has 2 N–H and O–H groups in total. The number of rotatable bonds is 5. The van der Waals surface area contributed by atoms with Crippen LogP contribution in [0.3, 0.4) is 0 Å². The fraction of sp³-hybridized carbons (Fsp3) is 0.500. The summed E-state index contributed by atoms with van der Waals surface area (Å²) >= 11 is 0. The zero-order valence-corrected chi connectivity index (χ0v) is 8.20. The third-order valence-electron chi connectivity index (χ3n) is 1.98. The largest absolute Gasteiger partial charge is 0.396 e. The van der Waals surface area contributed by atoms with Crippen LogP contribution < -0.4 is 5.32 Å². The van der Waals surface area contributed by atoms with Crippen molar-refractivity contribution in [2.24, 2.45) is 0 Å². The molecule has 0 bridgehead atoms. The number of pyridine rings is 1. The lowest BCUT2D eigenvalue weighted by Gasteiger charge is -2.15. The van der Waals surface area contributed by atoms with Crippen molar-refractivity contribution in [3.63, 3.8) is 0 Å². The average Bonchev–Trinajstić information content (AvgIpc) is 2.19. The summed E-state index contributed by atoms with van der Waals surface area (Å²) in [5, 5.41) is 12.0. The number of nitrogens with zero attached hydrogens (tertiary/aromatic N) is 1. The molecule has 0 aromatic carbocycles. The Hall–Kier alpha value is -1.00. The molecule has 1 atom stereocenters. The third kappa shape index (κ3) is 3.05. The van der Waals surface area contributed by atoms with Crippen molar-refractivity contribution in [2.45, 2.75) is 19.4 Å². The van der Waals surface area contributed by atoms with E-state index in [-0.39, 0.29) is 18.5 Å². The van der Waals surface area contributed by atoms with Gasteiger partial charge in [0.2, 0.25) is 0 Å². The van der Waals surface area contributed by atoms with Gasteiger partial charge in [-0.1, -0.05) is 6.92 Å². The van der Waals surface area contributed by atoms with Gasteiger partial charge in [-0.25, -0.2) is 4.39 Å². The van der Waals surface area contributed by atoms with Gasteiger partial charge < -0.3 is 10.4 Å². The quantitative estimate of drug-likeness (QED) is 0.748. The van der Waals surface area contributed by atoms with E-state index in [1.807, 2.05) is 6.92 Å². The molecule has 1 heterocycles. The van der Waals surface area contributed by atoms with Gasteiger partial charge in [-0.3, -0.25) is 4.98 Å². The zero-order chi connectivity index (χ0) is 10.4. The van der Waals surface area contributed by atoms with Crippen LogP contribution in [-0.4, -0.2) is 23.2 Å². The van der Waals surface area contributed by atoms with E-state index in [1.165, 1.54) is 12.3 Å². The van der Waals surface area contributed by atoms with E-state index in [0.717, 1.165) is 12.2 Å². The normalized spacial score (nSPS) is 12.8.